The SMILES string of the molecule is CC(=NNC(=O)c1cc(-c2c(C)nn(-c3ccccc3)c2C)n[nH]1)c1ccc(C)cc1. The molecule has 0 saturated carbocycles. The van der Waals surface area contributed by atoms with Gasteiger partial charge in [0.25, 0.3) is 5.91 Å². The van der Waals surface area contributed by atoms with Crippen LogP contribution in [-0.2, 0) is 0 Å². The van der Waals surface area contributed by atoms with Crippen molar-refractivity contribution in [1.82, 2.24) is 25.4 Å². The number of carbonyl (C=O) groups is 1. The summed E-state index contributed by atoms with van der Waals surface area (Å²) in [5.41, 5.74) is 10.1. The summed E-state index contributed by atoms with van der Waals surface area (Å²) in [4.78, 5) is 12.6. The Morgan fingerprint density at radius 2 is 1.74 bits per heavy atom. The standard InChI is InChI=1S/C24H24N6O/c1-15-10-12-19(13-11-15)16(2)25-28-24(31)22-14-21(26-27-22)23-17(3)29-30(18(23)4)20-8-6-5-7-9-20/h5-14H,1-4H3,(H,26,27)(H,28,31). The smallest absolute Gasteiger partial charge is 0.272 e. The van der Waals surface area contributed by atoms with E-state index in [1.807, 2.05) is 87.0 Å². The number of hydrogen-bond acceptors (Lipinski definition) is 4. The quantitative estimate of drug-likeness (QED) is 0.377. The molecule has 0 spiro atoms. The maximum atomic E-state index is 12.6. The Hall–Kier alpha value is -4.00. The van der Waals surface area contributed by atoms with Gasteiger partial charge in [0.1, 0.15) is 5.69 Å². The molecule has 0 saturated heterocycles. The molecule has 0 fully saturated rings. The molecule has 0 unspecified atom stereocenters. The Bertz CT molecular complexity index is 1250. The van der Waals surface area contributed by atoms with Crippen molar-refractivity contribution in [2.24, 2.45) is 5.10 Å². The first-order valence-electron chi connectivity index (χ1n) is 10.0. The van der Waals surface area contributed by atoms with Crippen LogP contribution in [0.25, 0.3) is 16.9 Å². The van der Waals surface area contributed by atoms with Gasteiger partial charge in [0.15, 0.2) is 0 Å². The van der Waals surface area contributed by atoms with Crippen LogP contribution in [0.4, 0.5) is 0 Å². The van der Waals surface area contributed by atoms with Crippen LogP contribution in [0.15, 0.2) is 65.8 Å². The van der Waals surface area contributed by atoms with Gasteiger partial charge in [-0.2, -0.15) is 15.3 Å². The number of aryl methyl sites for hydroxylation is 2. The van der Waals surface area contributed by atoms with E-state index >= 15 is 0 Å². The molecule has 0 bridgehead atoms. The highest BCUT2D eigenvalue weighted by atomic mass is 16.2. The second-order valence-electron chi connectivity index (χ2n) is 7.46. The molecule has 31 heavy (non-hydrogen) atoms. The van der Waals surface area contributed by atoms with E-state index in [9.17, 15) is 4.79 Å². The fourth-order valence-corrected chi connectivity index (χ4v) is 3.45. The second-order valence-corrected chi connectivity index (χ2v) is 7.46. The van der Waals surface area contributed by atoms with E-state index in [4.69, 9.17) is 0 Å². The summed E-state index contributed by atoms with van der Waals surface area (Å²) in [7, 11) is 0. The number of carbonyl (C=O) groups excluding carboxylic acids is 1. The van der Waals surface area contributed by atoms with Gasteiger partial charge in [0.2, 0.25) is 0 Å². The minimum atomic E-state index is -0.351. The third kappa shape index (κ3) is 4.16. The molecule has 2 N–H and O–H groups in total. The molecular formula is C24H24N6O. The van der Waals surface area contributed by atoms with Crippen LogP contribution >= 0.6 is 0 Å². The van der Waals surface area contributed by atoms with Crippen LogP contribution in [0.1, 0.15) is 39.9 Å². The lowest BCUT2D eigenvalue weighted by atomic mass is 10.1. The summed E-state index contributed by atoms with van der Waals surface area (Å²) in [5.74, 6) is -0.351. The van der Waals surface area contributed by atoms with Gasteiger partial charge < -0.3 is 0 Å². The van der Waals surface area contributed by atoms with Crippen molar-refractivity contribution in [3.05, 3.63) is 88.9 Å². The van der Waals surface area contributed by atoms with Gasteiger partial charge in [-0.1, -0.05) is 48.0 Å². The minimum Gasteiger partial charge on any atom is -0.272 e. The molecule has 7 nitrogen and oxygen atoms in total. The summed E-state index contributed by atoms with van der Waals surface area (Å²) in [6.07, 6.45) is 0. The highest BCUT2D eigenvalue weighted by Crippen LogP contribution is 2.27. The molecule has 4 rings (SSSR count). The zero-order valence-electron chi connectivity index (χ0n) is 18.0. The molecule has 2 heterocycles. The van der Waals surface area contributed by atoms with Crippen molar-refractivity contribution < 1.29 is 4.79 Å². The lowest BCUT2D eigenvalue weighted by Crippen LogP contribution is -2.19. The number of rotatable bonds is 5. The Balaban J connectivity index is 1.54. The van der Waals surface area contributed by atoms with Gasteiger partial charge in [0.05, 0.1) is 28.5 Å². The number of para-hydroxylation sites is 1. The third-order valence-electron chi connectivity index (χ3n) is 5.17. The predicted octanol–water partition coefficient (Wildman–Crippen LogP) is 4.34. The lowest BCUT2D eigenvalue weighted by molar-refractivity contribution is 0.0950. The van der Waals surface area contributed by atoms with Gasteiger partial charge in [-0.15, -0.1) is 0 Å². The van der Waals surface area contributed by atoms with Gasteiger partial charge in [-0.05, 0) is 51.5 Å². The van der Waals surface area contributed by atoms with Crippen molar-refractivity contribution in [3.63, 3.8) is 0 Å². The molecule has 156 valence electrons. The first kappa shape index (κ1) is 20.3. The van der Waals surface area contributed by atoms with Crippen molar-refractivity contribution in [1.29, 1.82) is 0 Å². The number of nitrogens with one attached hydrogen (secondary N) is 2. The average Bonchev–Trinajstić information content (AvgIpc) is 3.37. The Labute approximate surface area is 180 Å². The van der Waals surface area contributed by atoms with Crippen molar-refractivity contribution in [2.45, 2.75) is 27.7 Å². The summed E-state index contributed by atoms with van der Waals surface area (Å²) < 4.78 is 1.88. The molecule has 0 radical (unpaired) electrons. The van der Waals surface area contributed by atoms with E-state index in [0.29, 0.717) is 11.4 Å². The summed E-state index contributed by atoms with van der Waals surface area (Å²) >= 11 is 0. The number of hydrogen-bond donors (Lipinski definition) is 2. The minimum absolute atomic E-state index is 0.335. The van der Waals surface area contributed by atoms with Gasteiger partial charge >= 0.3 is 0 Å². The molecule has 1 amide bonds. The van der Waals surface area contributed by atoms with Crippen LogP contribution in [0.2, 0.25) is 0 Å². The van der Waals surface area contributed by atoms with Crippen molar-refractivity contribution in [2.75, 3.05) is 0 Å². The summed E-state index contributed by atoms with van der Waals surface area (Å²) in [5, 5.41) is 16.0. The highest BCUT2D eigenvalue weighted by molar-refractivity contribution is 6.00. The van der Waals surface area contributed by atoms with Crippen LogP contribution in [0.5, 0.6) is 0 Å². The molecule has 0 atom stereocenters. The van der Waals surface area contributed by atoms with Gasteiger partial charge in [-0.25, -0.2) is 10.1 Å². The Kier molecular flexibility index (Phi) is 5.49. The number of nitrogens with zero attached hydrogens (tertiary/aromatic N) is 4. The van der Waals surface area contributed by atoms with E-state index in [1.165, 1.54) is 5.56 Å². The number of hydrazone groups is 1. The molecule has 2 aromatic carbocycles. The van der Waals surface area contributed by atoms with E-state index in [2.05, 4.69) is 25.8 Å². The van der Waals surface area contributed by atoms with E-state index in [-0.39, 0.29) is 5.91 Å². The normalized spacial score (nSPS) is 11.5. The topological polar surface area (TPSA) is 88.0 Å². The number of aromatic nitrogens is 4. The average molecular weight is 412 g/mol. The molecule has 4 aromatic rings. The van der Waals surface area contributed by atoms with Crippen LogP contribution in [0, 0.1) is 20.8 Å². The largest absolute Gasteiger partial charge is 0.289 e. The van der Waals surface area contributed by atoms with Crippen molar-refractivity contribution >= 4 is 11.6 Å². The molecule has 0 aliphatic rings. The molecule has 2 aromatic heterocycles. The maximum absolute atomic E-state index is 12.6. The molecular weight excluding hydrogens is 388 g/mol. The first-order chi connectivity index (χ1) is 14.9. The first-order valence-corrected chi connectivity index (χ1v) is 10.0. The predicted molar refractivity (Wildman–Crippen MR) is 121 cm³/mol. The van der Waals surface area contributed by atoms with E-state index in [0.717, 1.165) is 33.9 Å². The second kappa shape index (κ2) is 8.39. The lowest BCUT2D eigenvalue weighted by Gasteiger charge is -2.04. The fourth-order valence-electron chi connectivity index (χ4n) is 3.45. The fraction of sp³-hybridized carbons (Fsp3) is 0.167. The number of H-pyrrole nitrogens is 1. The monoisotopic (exact) mass is 412 g/mol. The maximum Gasteiger partial charge on any atom is 0.289 e. The molecule has 0 aliphatic heterocycles. The van der Waals surface area contributed by atoms with Crippen LogP contribution < -0.4 is 5.43 Å². The summed E-state index contributed by atoms with van der Waals surface area (Å²) in [6.45, 7) is 7.81. The van der Waals surface area contributed by atoms with Gasteiger partial charge in [-0.3, -0.25) is 9.89 Å². The Morgan fingerprint density at radius 1 is 1.03 bits per heavy atom. The number of benzene rings is 2. The zero-order valence-corrected chi connectivity index (χ0v) is 18.0. The van der Waals surface area contributed by atoms with Crippen LogP contribution in [0.3, 0.4) is 0 Å². The highest BCUT2D eigenvalue weighted by Gasteiger charge is 2.19. The zero-order chi connectivity index (χ0) is 22.0. The third-order valence-corrected chi connectivity index (χ3v) is 5.17. The molecule has 0 aliphatic carbocycles. The Morgan fingerprint density at radius 3 is 2.45 bits per heavy atom. The van der Waals surface area contributed by atoms with Crippen molar-refractivity contribution in [3.8, 4) is 16.9 Å². The van der Waals surface area contributed by atoms with E-state index in [1.54, 1.807) is 6.07 Å². The van der Waals surface area contributed by atoms with E-state index < -0.39 is 0 Å². The molecule has 7 heteroatoms. The number of aromatic amines is 1. The number of amides is 1. The summed E-state index contributed by atoms with van der Waals surface area (Å²) in [6, 6.07) is 19.6. The van der Waals surface area contributed by atoms with Gasteiger partial charge in [0, 0.05) is 5.56 Å². The van der Waals surface area contributed by atoms with Crippen LogP contribution in [-0.4, -0.2) is 31.6 Å².